The molecule has 6 rings (SSSR count). The minimum Gasteiger partial charge on any atom is -0.475 e. The van der Waals surface area contributed by atoms with Crippen LogP contribution in [0.15, 0.2) is 91.1 Å². The van der Waals surface area contributed by atoms with Crippen molar-refractivity contribution in [1.29, 1.82) is 0 Å². The summed E-state index contributed by atoms with van der Waals surface area (Å²) >= 11 is 0. The zero-order valence-corrected chi connectivity index (χ0v) is 30.6. The smallest absolute Gasteiger partial charge is 0.475 e. The lowest BCUT2D eigenvalue weighted by Crippen LogP contribution is -2.60. The van der Waals surface area contributed by atoms with Gasteiger partial charge in [-0.1, -0.05) is 78.9 Å². The molecule has 0 aliphatic carbocycles. The van der Waals surface area contributed by atoms with Gasteiger partial charge in [0.1, 0.15) is 12.1 Å². The van der Waals surface area contributed by atoms with Crippen LogP contribution >= 0.6 is 0 Å². The predicted molar refractivity (Wildman–Crippen MR) is 202 cm³/mol. The average molecular weight is 778 g/mol. The molecule has 2 aliphatic heterocycles. The normalized spacial score (nSPS) is 22.1. The van der Waals surface area contributed by atoms with E-state index in [2.05, 4.69) is 26.3 Å². The van der Waals surface area contributed by atoms with E-state index in [0.717, 1.165) is 27.6 Å². The van der Waals surface area contributed by atoms with E-state index in [0.29, 0.717) is 32.4 Å². The predicted octanol–water partition coefficient (Wildman–Crippen LogP) is 2.60. The summed E-state index contributed by atoms with van der Waals surface area (Å²) in [5.74, 6) is -4.32. The number of benzene rings is 3. The Kier molecular flexibility index (Phi) is 14.2. The Morgan fingerprint density at radius 3 is 1.93 bits per heavy atom. The number of nitrogens with one attached hydrogen (secondary N) is 5. The third-order valence-electron chi connectivity index (χ3n) is 9.80. The molecule has 8 N–H and O–H groups in total. The van der Waals surface area contributed by atoms with Gasteiger partial charge >= 0.3 is 12.1 Å². The summed E-state index contributed by atoms with van der Waals surface area (Å²) in [7, 11) is 0. The van der Waals surface area contributed by atoms with Crippen molar-refractivity contribution in [2.45, 2.75) is 74.9 Å². The van der Waals surface area contributed by atoms with Gasteiger partial charge in [0.2, 0.25) is 23.6 Å². The van der Waals surface area contributed by atoms with Crippen LogP contribution in [0.3, 0.4) is 0 Å². The van der Waals surface area contributed by atoms with Gasteiger partial charge in [-0.15, -0.1) is 0 Å². The molecule has 13 nitrogen and oxygen atoms in total. The molecule has 2 fully saturated rings. The highest BCUT2D eigenvalue weighted by Crippen LogP contribution is 2.21. The second kappa shape index (κ2) is 19.2. The average Bonchev–Trinajstić information content (AvgIpc) is 3.58. The van der Waals surface area contributed by atoms with E-state index in [1.165, 1.54) is 0 Å². The maximum Gasteiger partial charge on any atom is 0.490 e. The van der Waals surface area contributed by atoms with Crippen LogP contribution in [0.25, 0.3) is 10.9 Å². The van der Waals surface area contributed by atoms with Crippen LogP contribution in [0.1, 0.15) is 36.0 Å². The van der Waals surface area contributed by atoms with E-state index < -0.39 is 48.1 Å². The van der Waals surface area contributed by atoms with Crippen LogP contribution in [-0.4, -0.2) is 101 Å². The number of piperidine rings is 1. The minimum absolute atomic E-state index is 0.0465. The summed E-state index contributed by atoms with van der Waals surface area (Å²) in [5.41, 5.74) is 9.80. The number of hydrogen-bond donors (Lipinski definition) is 7. The fourth-order valence-corrected chi connectivity index (χ4v) is 6.82. The van der Waals surface area contributed by atoms with Gasteiger partial charge in [-0.2, -0.15) is 13.2 Å². The second-order valence-electron chi connectivity index (χ2n) is 14.0. The van der Waals surface area contributed by atoms with Gasteiger partial charge in [0, 0.05) is 55.6 Å². The Morgan fingerprint density at radius 2 is 1.30 bits per heavy atom. The number of amides is 4. The molecular formula is C40H46F3N7O6. The molecule has 0 bridgehead atoms. The first-order valence-electron chi connectivity index (χ1n) is 18.4. The van der Waals surface area contributed by atoms with Crippen molar-refractivity contribution in [3.63, 3.8) is 0 Å². The summed E-state index contributed by atoms with van der Waals surface area (Å²) in [5, 5.41) is 20.2. The second-order valence-corrected chi connectivity index (χ2v) is 14.0. The third-order valence-corrected chi connectivity index (χ3v) is 9.80. The Morgan fingerprint density at radius 1 is 0.750 bits per heavy atom. The highest BCUT2D eigenvalue weighted by atomic mass is 19.4. The quantitative estimate of drug-likeness (QED) is 0.149. The molecule has 4 atom stereocenters. The summed E-state index contributed by atoms with van der Waals surface area (Å²) in [6, 6.07) is 23.9. The largest absolute Gasteiger partial charge is 0.490 e. The van der Waals surface area contributed by atoms with Crippen LogP contribution in [-0.2, 0) is 43.2 Å². The number of aromatic nitrogens is 1. The SMILES string of the molecule is NC1CCN([C@@H]2CC(=O)N[C@@H](Cc3c[nH]c4ccccc34)C(=O)N[C@@H](Cc3ccccc3)C(=O)N[C@H](Cc3ccccc3)CNC2=O)CC1.O=C(O)C(F)(F)F. The number of aliphatic carboxylic acids is 1. The lowest BCUT2D eigenvalue weighted by atomic mass is 9.99. The molecule has 4 aromatic rings. The number of carboxylic acid groups (broad SMARTS) is 1. The molecule has 3 aromatic carbocycles. The monoisotopic (exact) mass is 777 g/mol. The van der Waals surface area contributed by atoms with Crippen LogP contribution in [0.4, 0.5) is 13.2 Å². The number of halogens is 3. The number of nitrogens with zero attached hydrogens (tertiary/aromatic N) is 1. The molecule has 1 aromatic heterocycles. The molecule has 2 aliphatic rings. The molecule has 0 spiro atoms. The molecular weight excluding hydrogens is 731 g/mol. The molecule has 3 heterocycles. The number of aromatic amines is 1. The van der Waals surface area contributed by atoms with Crippen molar-refractivity contribution in [3.05, 3.63) is 108 Å². The molecule has 16 heteroatoms. The highest BCUT2D eigenvalue weighted by Gasteiger charge is 2.38. The van der Waals surface area contributed by atoms with Crippen LogP contribution < -0.4 is 27.0 Å². The Bertz CT molecular complexity index is 1950. The van der Waals surface area contributed by atoms with Gasteiger partial charge in [0.25, 0.3) is 0 Å². The Balaban J connectivity index is 0.000000784. The highest BCUT2D eigenvalue weighted by molar-refractivity contribution is 5.95. The minimum atomic E-state index is -5.08. The lowest BCUT2D eigenvalue weighted by Gasteiger charge is -2.36. The van der Waals surface area contributed by atoms with Crippen molar-refractivity contribution in [1.82, 2.24) is 31.2 Å². The van der Waals surface area contributed by atoms with Crippen molar-refractivity contribution < 1.29 is 42.3 Å². The van der Waals surface area contributed by atoms with Crippen molar-refractivity contribution >= 4 is 40.5 Å². The number of hydrogen-bond acceptors (Lipinski definition) is 7. The first kappa shape index (κ1) is 41.4. The lowest BCUT2D eigenvalue weighted by molar-refractivity contribution is -0.192. The summed E-state index contributed by atoms with van der Waals surface area (Å²) in [4.78, 5) is 70.1. The Hall–Kier alpha value is -5.74. The standard InChI is InChI=1S/C38H45N7O4.C2HF3O2/c39-28-15-17-45(18-16-28)34-22-35(46)43-33(21-27-23-40-31-14-8-7-13-30(27)31)37(48)44-32(20-26-11-5-2-6-12-26)36(47)42-29(24-41-38(34)49)19-25-9-3-1-4-10-25;3-2(4,5)1(6)7/h1-14,23,28-29,32-34,40H,15-22,24,39H2,(H,41,49)(H,42,47)(H,43,46)(H,44,48);(H,6,7)/t29-,32+,33+,34-;/m1./s1. The number of carboxylic acids is 1. The molecule has 298 valence electrons. The Labute approximate surface area is 321 Å². The van der Waals surface area contributed by atoms with Gasteiger partial charge in [-0.3, -0.25) is 24.1 Å². The van der Waals surface area contributed by atoms with Crippen molar-refractivity contribution in [3.8, 4) is 0 Å². The first-order valence-corrected chi connectivity index (χ1v) is 18.4. The van der Waals surface area contributed by atoms with E-state index in [-0.39, 0.29) is 43.7 Å². The van der Waals surface area contributed by atoms with Crippen LogP contribution in [0.2, 0.25) is 0 Å². The van der Waals surface area contributed by atoms with Gasteiger partial charge < -0.3 is 37.1 Å². The molecule has 0 radical (unpaired) electrons. The van der Waals surface area contributed by atoms with E-state index >= 15 is 0 Å². The topological polar surface area (TPSA) is 199 Å². The number of para-hydroxylation sites is 1. The first-order chi connectivity index (χ1) is 26.8. The van der Waals surface area contributed by atoms with E-state index in [4.69, 9.17) is 15.6 Å². The van der Waals surface area contributed by atoms with E-state index in [1.54, 1.807) is 0 Å². The van der Waals surface area contributed by atoms with Crippen molar-refractivity contribution in [2.75, 3.05) is 19.6 Å². The van der Waals surface area contributed by atoms with E-state index in [9.17, 15) is 32.3 Å². The number of fused-ring (bicyclic) bond motifs is 1. The molecule has 0 saturated carbocycles. The van der Waals surface area contributed by atoms with Crippen LogP contribution in [0.5, 0.6) is 0 Å². The number of alkyl halides is 3. The zero-order chi connectivity index (χ0) is 40.2. The van der Waals surface area contributed by atoms with Gasteiger partial charge in [0.15, 0.2) is 0 Å². The van der Waals surface area contributed by atoms with Crippen LogP contribution in [0, 0.1) is 0 Å². The van der Waals surface area contributed by atoms with Gasteiger partial charge in [-0.05, 0) is 42.0 Å². The fraction of sp³-hybridized carbons (Fsp3) is 0.375. The summed E-state index contributed by atoms with van der Waals surface area (Å²) in [6.07, 6.45) is -1.04. The maximum absolute atomic E-state index is 14.2. The number of H-pyrrole nitrogens is 1. The molecule has 2 saturated heterocycles. The maximum atomic E-state index is 14.2. The zero-order valence-electron chi connectivity index (χ0n) is 30.6. The molecule has 4 amide bonds. The van der Waals surface area contributed by atoms with Crippen molar-refractivity contribution in [2.24, 2.45) is 5.73 Å². The third kappa shape index (κ3) is 11.9. The van der Waals surface area contributed by atoms with Gasteiger partial charge in [-0.25, -0.2) is 4.79 Å². The number of nitrogens with two attached hydrogens (primary N) is 1. The fourth-order valence-electron chi connectivity index (χ4n) is 6.82. The summed E-state index contributed by atoms with van der Waals surface area (Å²) < 4.78 is 31.7. The van der Waals surface area contributed by atoms with Gasteiger partial charge in [0.05, 0.1) is 18.5 Å². The summed E-state index contributed by atoms with van der Waals surface area (Å²) in [6.45, 7) is 1.31. The number of carbonyl (C=O) groups is 5. The number of rotatable bonds is 7. The number of likely N-dealkylation sites (tertiary alicyclic amines) is 1. The van der Waals surface area contributed by atoms with E-state index in [1.807, 2.05) is 96.0 Å². The molecule has 56 heavy (non-hydrogen) atoms. The number of carbonyl (C=O) groups excluding carboxylic acids is 4. The molecule has 0 unspecified atom stereocenters.